The molecule has 138 valence electrons. The van der Waals surface area contributed by atoms with E-state index in [1.807, 2.05) is 71.4 Å². The predicted octanol–water partition coefficient (Wildman–Crippen LogP) is 3.65. The Balaban J connectivity index is 1.49. The topological polar surface area (TPSA) is 65.2 Å². The summed E-state index contributed by atoms with van der Waals surface area (Å²) < 4.78 is 7.96. The van der Waals surface area contributed by atoms with Gasteiger partial charge in [-0.15, -0.1) is 0 Å². The third-order valence-corrected chi connectivity index (χ3v) is 4.33. The molecule has 4 aromatic heterocycles. The quantitative estimate of drug-likeness (QED) is 0.449. The van der Waals surface area contributed by atoms with Crippen molar-refractivity contribution in [1.29, 1.82) is 0 Å². The van der Waals surface area contributed by atoms with Crippen LogP contribution in [0.15, 0.2) is 79.4 Å². The monoisotopic (exact) mass is 377 g/mol. The third kappa shape index (κ3) is 3.62. The largest absolute Gasteiger partial charge is 0.471 e. The minimum Gasteiger partial charge on any atom is -0.471 e. The molecule has 4 heterocycles. The van der Waals surface area contributed by atoms with Gasteiger partial charge in [-0.25, -0.2) is 19.9 Å². The van der Waals surface area contributed by atoms with Crippen LogP contribution < -0.4 is 4.74 Å². The van der Waals surface area contributed by atoms with Crippen molar-refractivity contribution in [3.8, 4) is 17.7 Å². The summed E-state index contributed by atoms with van der Waals surface area (Å²) in [6, 6.07) is 17.3. The van der Waals surface area contributed by atoms with Gasteiger partial charge >= 0.3 is 0 Å². The fourth-order valence-corrected chi connectivity index (χ4v) is 2.92. The molecular formula is C23H15N5O. The zero-order chi connectivity index (χ0) is 19.5. The molecule has 0 aliphatic carbocycles. The highest BCUT2D eigenvalue weighted by Crippen LogP contribution is 2.18. The SMILES string of the molecule is C(#Cc1nc2ncccc2nc1OCc1ccc2nccn2c1)c1ccccc1. The van der Waals surface area contributed by atoms with Crippen molar-refractivity contribution in [3.63, 3.8) is 0 Å². The van der Waals surface area contributed by atoms with Crippen molar-refractivity contribution >= 4 is 16.8 Å². The number of aromatic nitrogens is 5. The molecule has 0 fully saturated rings. The molecule has 0 spiro atoms. The average molecular weight is 377 g/mol. The van der Waals surface area contributed by atoms with Gasteiger partial charge in [0.25, 0.3) is 0 Å². The summed E-state index contributed by atoms with van der Waals surface area (Å²) in [6.07, 6.45) is 7.33. The minimum atomic E-state index is 0.342. The number of pyridine rings is 2. The van der Waals surface area contributed by atoms with Crippen molar-refractivity contribution < 1.29 is 4.74 Å². The van der Waals surface area contributed by atoms with Gasteiger partial charge in [0.15, 0.2) is 11.3 Å². The lowest BCUT2D eigenvalue weighted by Crippen LogP contribution is -2.03. The maximum atomic E-state index is 6.01. The molecule has 0 unspecified atom stereocenters. The van der Waals surface area contributed by atoms with Crippen LogP contribution in [-0.2, 0) is 6.61 Å². The first-order valence-corrected chi connectivity index (χ1v) is 9.09. The Hall–Kier alpha value is -4.24. The predicted molar refractivity (Wildman–Crippen MR) is 109 cm³/mol. The second-order valence-electron chi connectivity index (χ2n) is 6.36. The summed E-state index contributed by atoms with van der Waals surface area (Å²) in [6.45, 7) is 0.342. The number of hydrogen-bond donors (Lipinski definition) is 0. The van der Waals surface area contributed by atoms with E-state index >= 15 is 0 Å². The van der Waals surface area contributed by atoms with Gasteiger partial charge in [-0.3, -0.25) is 0 Å². The molecule has 0 saturated heterocycles. The fourth-order valence-electron chi connectivity index (χ4n) is 2.92. The normalized spacial score (nSPS) is 10.6. The van der Waals surface area contributed by atoms with E-state index in [9.17, 15) is 0 Å². The van der Waals surface area contributed by atoms with Crippen molar-refractivity contribution in [2.45, 2.75) is 6.61 Å². The number of rotatable bonds is 3. The van der Waals surface area contributed by atoms with Crippen molar-refractivity contribution in [2.75, 3.05) is 0 Å². The summed E-state index contributed by atoms with van der Waals surface area (Å²) in [5.74, 6) is 6.58. The summed E-state index contributed by atoms with van der Waals surface area (Å²) in [5, 5.41) is 0. The Kier molecular flexibility index (Phi) is 4.32. The Bertz CT molecular complexity index is 1370. The zero-order valence-corrected chi connectivity index (χ0v) is 15.4. The summed E-state index contributed by atoms with van der Waals surface area (Å²) in [7, 11) is 0. The lowest BCUT2D eigenvalue weighted by molar-refractivity contribution is 0.292. The van der Waals surface area contributed by atoms with E-state index < -0.39 is 0 Å². The first kappa shape index (κ1) is 16.9. The molecule has 6 nitrogen and oxygen atoms in total. The molecule has 0 aliphatic heterocycles. The molecule has 29 heavy (non-hydrogen) atoms. The van der Waals surface area contributed by atoms with Crippen molar-refractivity contribution in [1.82, 2.24) is 24.3 Å². The van der Waals surface area contributed by atoms with Crippen LogP contribution in [0.2, 0.25) is 0 Å². The molecule has 1 aromatic carbocycles. The molecule has 0 atom stereocenters. The Morgan fingerprint density at radius 1 is 0.862 bits per heavy atom. The highest BCUT2D eigenvalue weighted by molar-refractivity contribution is 5.71. The first-order valence-electron chi connectivity index (χ1n) is 9.09. The van der Waals surface area contributed by atoms with Crippen LogP contribution in [0, 0.1) is 11.8 Å². The Morgan fingerprint density at radius 2 is 1.79 bits per heavy atom. The number of hydrogen-bond acceptors (Lipinski definition) is 5. The van der Waals surface area contributed by atoms with Crippen molar-refractivity contribution in [2.24, 2.45) is 0 Å². The van der Waals surface area contributed by atoms with Gasteiger partial charge in [0, 0.05) is 35.9 Å². The standard InChI is InChI=1S/C23H15N5O/c1-2-5-17(6-3-1)8-10-20-23(27-19-7-4-12-25-22(19)26-20)29-16-18-9-11-21-24-13-14-28(21)15-18/h1-7,9,11-15H,16H2. The summed E-state index contributed by atoms with van der Waals surface area (Å²) >= 11 is 0. The van der Waals surface area contributed by atoms with E-state index in [1.54, 1.807) is 12.4 Å². The molecule has 0 N–H and O–H groups in total. The Morgan fingerprint density at radius 3 is 2.72 bits per heavy atom. The van der Waals surface area contributed by atoms with Gasteiger partial charge in [-0.05, 0) is 36.3 Å². The highest BCUT2D eigenvalue weighted by Gasteiger charge is 2.10. The highest BCUT2D eigenvalue weighted by atomic mass is 16.5. The fraction of sp³-hybridized carbons (Fsp3) is 0.0435. The number of benzene rings is 1. The maximum Gasteiger partial charge on any atom is 0.250 e. The minimum absolute atomic E-state index is 0.342. The number of fused-ring (bicyclic) bond motifs is 2. The smallest absolute Gasteiger partial charge is 0.250 e. The molecule has 0 saturated carbocycles. The van der Waals surface area contributed by atoms with Gasteiger partial charge in [-0.1, -0.05) is 30.2 Å². The van der Waals surface area contributed by atoms with E-state index in [2.05, 4.69) is 31.8 Å². The lowest BCUT2D eigenvalue weighted by atomic mass is 10.2. The van der Waals surface area contributed by atoms with E-state index in [0.29, 0.717) is 29.3 Å². The van der Waals surface area contributed by atoms with Crippen LogP contribution in [0.25, 0.3) is 16.8 Å². The molecule has 0 amide bonds. The molecule has 5 rings (SSSR count). The van der Waals surface area contributed by atoms with Crippen LogP contribution in [0.4, 0.5) is 0 Å². The van der Waals surface area contributed by atoms with E-state index in [0.717, 1.165) is 16.8 Å². The average Bonchev–Trinajstić information content (AvgIpc) is 3.24. The van der Waals surface area contributed by atoms with Gasteiger partial charge < -0.3 is 9.14 Å². The van der Waals surface area contributed by atoms with Gasteiger partial charge in [0.1, 0.15) is 17.8 Å². The molecule has 0 radical (unpaired) electrons. The second-order valence-corrected chi connectivity index (χ2v) is 6.36. The van der Waals surface area contributed by atoms with Crippen LogP contribution in [0.1, 0.15) is 16.8 Å². The number of imidazole rings is 1. The third-order valence-electron chi connectivity index (χ3n) is 4.33. The molecule has 0 aliphatic rings. The molecule has 5 aromatic rings. The van der Waals surface area contributed by atoms with Crippen molar-refractivity contribution in [3.05, 3.63) is 96.2 Å². The number of nitrogens with zero attached hydrogens (tertiary/aromatic N) is 5. The van der Waals surface area contributed by atoms with E-state index in [1.165, 1.54) is 0 Å². The summed E-state index contributed by atoms with van der Waals surface area (Å²) in [5.41, 5.74) is 4.44. The van der Waals surface area contributed by atoms with Gasteiger partial charge in [-0.2, -0.15) is 0 Å². The van der Waals surface area contributed by atoms with E-state index in [4.69, 9.17) is 4.74 Å². The van der Waals surface area contributed by atoms with Crippen LogP contribution in [-0.4, -0.2) is 24.3 Å². The molecule has 6 heteroatoms. The zero-order valence-electron chi connectivity index (χ0n) is 15.4. The first-order chi connectivity index (χ1) is 14.3. The van der Waals surface area contributed by atoms with E-state index in [-0.39, 0.29) is 0 Å². The lowest BCUT2D eigenvalue weighted by Gasteiger charge is -2.08. The van der Waals surface area contributed by atoms with Crippen LogP contribution in [0.5, 0.6) is 5.88 Å². The van der Waals surface area contributed by atoms with Gasteiger partial charge in [0.2, 0.25) is 5.88 Å². The van der Waals surface area contributed by atoms with Crippen LogP contribution in [0.3, 0.4) is 0 Å². The number of ether oxygens (including phenoxy) is 1. The van der Waals surface area contributed by atoms with Crippen LogP contribution >= 0.6 is 0 Å². The Labute approximate surface area is 166 Å². The summed E-state index contributed by atoms with van der Waals surface area (Å²) in [4.78, 5) is 17.7. The second kappa shape index (κ2) is 7.41. The maximum absolute atomic E-state index is 6.01. The molecular weight excluding hydrogens is 362 g/mol. The van der Waals surface area contributed by atoms with Gasteiger partial charge in [0.05, 0.1) is 0 Å². The molecule has 0 bridgehead atoms.